The molecule has 0 spiro atoms. The summed E-state index contributed by atoms with van der Waals surface area (Å²) in [6.45, 7) is 2.79. The average Bonchev–Trinajstić information content (AvgIpc) is 2.96. The number of phenolic OH excluding ortho intramolecular Hbond substituents is 1. The Labute approximate surface area is 147 Å². The van der Waals surface area contributed by atoms with Gasteiger partial charge in [-0.15, -0.1) is 0 Å². The van der Waals surface area contributed by atoms with Crippen molar-refractivity contribution in [3.8, 4) is 5.75 Å². The first-order chi connectivity index (χ1) is 12.1. The average molecular weight is 370 g/mol. The summed E-state index contributed by atoms with van der Waals surface area (Å²) >= 11 is 0. The van der Waals surface area contributed by atoms with Crippen LogP contribution in [0, 0.1) is 6.92 Å². The maximum absolute atomic E-state index is 14.1. The molecule has 26 heavy (non-hydrogen) atoms. The lowest BCUT2D eigenvalue weighted by atomic mass is 9.89. The molecule has 1 aromatic carbocycles. The number of cyclic esters (lactones) is 1. The minimum Gasteiger partial charge on any atom is -0.507 e. The minimum absolute atomic E-state index is 0.0977. The lowest BCUT2D eigenvalue weighted by Gasteiger charge is -2.15. The van der Waals surface area contributed by atoms with Crippen LogP contribution in [0.5, 0.6) is 5.75 Å². The first-order valence-electron chi connectivity index (χ1n) is 7.78. The van der Waals surface area contributed by atoms with Crippen molar-refractivity contribution >= 4 is 17.8 Å². The Balaban J connectivity index is 2.57. The largest absolute Gasteiger partial charge is 0.507 e. The molecule has 0 radical (unpaired) electrons. The van der Waals surface area contributed by atoms with E-state index >= 15 is 0 Å². The lowest BCUT2D eigenvalue weighted by Crippen LogP contribution is -2.04. The number of hydrogen-bond donors (Lipinski definition) is 2. The van der Waals surface area contributed by atoms with Crippen LogP contribution in [0.1, 0.15) is 52.4 Å². The predicted octanol–water partition coefficient (Wildman–Crippen LogP) is 4.26. The van der Waals surface area contributed by atoms with Crippen molar-refractivity contribution in [2.24, 2.45) is 0 Å². The van der Waals surface area contributed by atoms with E-state index < -0.39 is 35.2 Å². The van der Waals surface area contributed by atoms with Gasteiger partial charge in [-0.3, -0.25) is 4.79 Å². The van der Waals surface area contributed by atoms with Crippen molar-refractivity contribution in [3.05, 3.63) is 45.5 Å². The fraction of sp³-hybridized carbons (Fsp3) is 0.333. The van der Waals surface area contributed by atoms with Gasteiger partial charge < -0.3 is 14.9 Å². The van der Waals surface area contributed by atoms with Gasteiger partial charge in [-0.25, -0.2) is 9.18 Å². The van der Waals surface area contributed by atoms with Gasteiger partial charge in [-0.05, 0) is 32.3 Å². The topological polar surface area (TPSA) is 83.8 Å². The Morgan fingerprint density at radius 3 is 2.50 bits per heavy atom. The maximum atomic E-state index is 14.1. The molecule has 8 heteroatoms. The summed E-state index contributed by atoms with van der Waals surface area (Å²) in [4.78, 5) is 22.4. The Hall–Kier alpha value is -2.77. The zero-order valence-corrected chi connectivity index (χ0v) is 14.2. The molecule has 0 amide bonds. The molecule has 0 fully saturated rings. The summed E-state index contributed by atoms with van der Waals surface area (Å²) in [6, 6.07) is 0. The number of aromatic hydroxyl groups is 1. The second kappa shape index (κ2) is 7.63. The van der Waals surface area contributed by atoms with E-state index in [1.807, 2.05) is 0 Å². The number of ether oxygens (including phenoxy) is 1. The molecule has 1 aliphatic heterocycles. The SMILES string of the molecule is C/C(=C\Cc1c(O)c2c(c(C)c1C(F)=C(F)F)COC2=O)CCC(=O)O. The van der Waals surface area contributed by atoms with E-state index in [2.05, 4.69) is 0 Å². The van der Waals surface area contributed by atoms with Gasteiger partial charge in [-0.2, -0.15) is 8.78 Å². The first-order valence-corrected chi connectivity index (χ1v) is 7.78. The van der Waals surface area contributed by atoms with Crippen LogP contribution in [0.15, 0.2) is 17.7 Å². The third kappa shape index (κ3) is 3.74. The highest BCUT2D eigenvalue weighted by molar-refractivity contribution is 5.98. The van der Waals surface area contributed by atoms with Gasteiger partial charge in [0.1, 0.15) is 17.9 Å². The van der Waals surface area contributed by atoms with Crippen LogP contribution >= 0.6 is 0 Å². The van der Waals surface area contributed by atoms with Gasteiger partial charge in [0.15, 0.2) is 5.83 Å². The van der Waals surface area contributed by atoms with Crippen molar-refractivity contribution < 1.29 is 37.7 Å². The molecule has 1 aliphatic rings. The molecule has 0 saturated heterocycles. The van der Waals surface area contributed by atoms with Crippen molar-refractivity contribution in [1.82, 2.24) is 0 Å². The van der Waals surface area contributed by atoms with E-state index in [4.69, 9.17) is 9.84 Å². The quantitative estimate of drug-likeness (QED) is 0.577. The number of carbonyl (C=O) groups is 2. The van der Waals surface area contributed by atoms with Crippen molar-refractivity contribution in [2.75, 3.05) is 0 Å². The van der Waals surface area contributed by atoms with Crippen LogP contribution in [-0.2, 0) is 22.6 Å². The van der Waals surface area contributed by atoms with E-state index in [9.17, 15) is 27.9 Å². The Kier molecular flexibility index (Phi) is 5.74. The number of phenols is 1. The fourth-order valence-corrected chi connectivity index (χ4v) is 2.86. The molecular formula is C18H17F3O5. The molecule has 1 heterocycles. The smallest absolute Gasteiger partial charge is 0.342 e. The molecule has 0 saturated carbocycles. The number of hydrogen-bond acceptors (Lipinski definition) is 4. The number of allylic oxidation sites excluding steroid dienone is 2. The normalized spacial score (nSPS) is 13.4. The third-order valence-electron chi connectivity index (χ3n) is 4.28. The summed E-state index contributed by atoms with van der Waals surface area (Å²) in [5.41, 5.74) is 0.116. The van der Waals surface area contributed by atoms with E-state index in [-0.39, 0.29) is 48.1 Å². The van der Waals surface area contributed by atoms with Crippen LogP contribution in [0.2, 0.25) is 0 Å². The maximum Gasteiger partial charge on any atom is 0.342 e. The number of carbonyl (C=O) groups excluding carboxylic acids is 1. The second-order valence-corrected chi connectivity index (χ2v) is 5.98. The lowest BCUT2D eigenvalue weighted by molar-refractivity contribution is -0.136. The standard InChI is InChI=1S/C18H17F3O5/c1-8(4-6-12(22)23)3-5-10-13(15(19)17(20)21)9(2)11-7-26-18(25)14(11)16(10)24/h3,24H,4-7H2,1-2H3,(H,22,23)/b8-3+. The van der Waals surface area contributed by atoms with Gasteiger partial charge in [0.05, 0.1) is 0 Å². The van der Waals surface area contributed by atoms with Gasteiger partial charge in [0, 0.05) is 23.1 Å². The number of carboxylic acid groups (broad SMARTS) is 1. The summed E-state index contributed by atoms with van der Waals surface area (Å²) in [5.74, 6) is -4.16. The number of rotatable bonds is 6. The molecule has 1 aromatic rings. The summed E-state index contributed by atoms with van der Waals surface area (Å²) in [5, 5.41) is 19.1. The monoisotopic (exact) mass is 370 g/mol. The van der Waals surface area contributed by atoms with E-state index in [0.717, 1.165) is 0 Å². The number of carboxylic acids is 1. The second-order valence-electron chi connectivity index (χ2n) is 5.98. The van der Waals surface area contributed by atoms with Crippen LogP contribution < -0.4 is 0 Å². The highest BCUT2D eigenvalue weighted by Crippen LogP contribution is 2.42. The molecule has 0 aromatic heterocycles. The zero-order valence-electron chi connectivity index (χ0n) is 14.2. The summed E-state index contributed by atoms with van der Waals surface area (Å²) < 4.78 is 44.7. The summed E-state index contributed by atoms with van der Waals surface area (Å²) in [7, 11) is 0. The van der Waals surface area contributed by atoms with Crippen LogP contribution in [0.25, 0.3) is 5.83 Å². The molecule has 0 unspecified atom stereocenters. The Morgan fingerprint density at radius 2 is 1.92 bits per heavy atom. The third-order valence-corrected chi connectivity index (χ3v) is 4.28. The number of fused-ring (bicyclic) bond motifs is 1. The van der Waals surface area contributed by atoms with Crippen molar-refractivity contribution in [1.29, 1.82) is 0 Å². The van der Waals surface area contributed by atoms with Crippen LogP contribution in [-0.4, -0.2) is 22.2 Å². The van der Waals surface area contributed by atoms with Gasteiger partial charge >= 0.3 is 18.0 Å². The molecule has 5 nitrogen and oxygen atoms in total. The number of aliphatic carboxylic acids is 1. The first kappa shape index (κ1) is 19.6. The Bertz CT molecular complexity index is 836. The van der Waals surface area contributed by atoms with Crippen molar-refractivity contribution in [2.45, 2.75) is 39.7 Å². The van der Waals surface area contributed by atoms with Crippen LogP contribution in [0.3, 0.4) is 0 Å². The predicted molar refractivity (Wildman–Crippen MR) is 86.5 cm³/mol. The molecule has 0 atom stereocenters. The van der Waals surface area contributed by atoms with Crippen LogP contribution in [0.4, 0.5) is 13.2 Å². The number of esters is 1. The van der Waals surface area contributed by atoms with E-state index in [1.54, 1.807) is 6.92 Å². The van der Waals surface area contributed by atoms with Crippen molar-refractivity contribution in [3.63, 3.8) is 0 Å². The zero-order chi connectivity index (χ0) is 19.6. The molecule has 0 bridgehead atoms. The number of benzene rings is 1. The molecule has 2 N–H and O–H groups in total. The highest BCUT2D eigenvalue weighted by atomic mass is 19.3. The molecule has 140 valence electrons. The highest BCUT2D eigenvalue weighted by Gasteiger charge is 2.33. The molecule has 2 rings (SSSR count). The molecular weight excluding hydrogens is 353 g/mol. The minimum atomic E-state index is -2.54. The van der Waals surface area contributed by atoms with E-state index in [1.165, 1.54) is 13.0 Å². The van der Waals surface area contributed by atoms with Gasteiger partial charge in [0.2, 0.25) is 0 Å². The van der Waals surface area contributed by atoms with Gasteiger partial charge in [0.25, 0.3) is 0 Å². The molecule has 0 aliphatic carbocycles. The number of halogens is 3. The van der Waals surface area contributed by atoms with E-state index in [0.29, 0.717) is 5.57 Å². The fourth-order valence-electron chi connectivity index (χ4n) is 2.86. The summed E-state index contributed by atoms with van der Waals surface area (Å²) in [6.07, 6.45) is -1.08. The van der Waals surface area contributed by atoms with Gasteiger partial charge in [-0.1, -0.05) is 11.6 Å². The Morgan fingerprint density at radius 1 is 1.27 bits per heavy atom.